The molecular weight excluding hydrogens is 445 g/mol. The van der Waals surface area contributed by atoms with Crippen molar-refractivity contribution in [1.29, 1.82) is 0 Å². The molecule has 4 aromatic rings. The smallest absolute Gasteiger partial charge is 0.336 e. The lowest BCUT2D eigenvalue weighted by Gasteiger charge is -2.31. The number of rotatable bonds is 2. The van der Waals surface area contributed by atoms with Gasteiger partial charge in [-0.1, -0.05) is 65.1 Å². The van der Waals surface area contributed by atoms with Crippen molar-refractivity contribution in [3.63, 3.8) is 0 Å². The number of halogens is 3. The molecule has 1 aromatic heterocycles. The Morgan fingerprint density at radius 1 is 0.867 bits per heavy atom. The summed E-state index contributed by atoms with van der Waals surface area (Å²) in [5.41, 5.74) is 3.25. The van der Waals surface area contributed by atoms with Crippen LogP contribution in [0, 0.1) is 0 Å². The number of benzene rings is 3. The largest absolute Gasteiger partial charge is 0.471 e. The fourth-order valence-corrected chi connectivity index (χ4v) is 4.26. The summed E-state index contributed by atoms with van der Waals surface area (Å²) in [5, 5.41) is 2.15. The maximum Gasteiger partial charge on any atom is 0.336 e. The first kappa shape index (κ1) is 19.3. The third-order valence-corrected chi connectivity index (χ3v) is 6.12. The summed E-state index contributed by atoms with van der Waals surface area (Å²) in [6.07, 6.45) is 0. The van der Waals surface area contributed by atoms with Crippen molar-refractivity contribution in [2.45, 2.75) is 6.54 Å². The third kappa shape index (κ3) is 3.31. The van der Waals surface area contributed by atoms with E-state index in [-0.39, 0.29) is 6.73 Å². The normalized spacial score (nSPS) is 13.2. The number of fused-ring (bicyclic) bond motifs is 3. The van der Waals surface area contributed by atoms with E-state index in [4.69, 9.17) is 44.0 Å². The van der Waals surface area contributed by atoms with E-state index in [0.717, 1.165) is 22.2 Å². The van der Waals surface area contributed by atoms with Crippen molar-refractivity contribution in [2.24, 2.45) is 0 Å². The minimum Gasteiger partial charge on any atom is -0.471 e. The summed E-state index contributed by atoms with van der Waals surface area (Å²) in [7, 11) is 0. The van der Waals surface area contributed by atoms with E-state index in [1.807, 2.05) is 41.3 Å². The van der Waals surface area contributed by atoms with Crippen molar-refractivity contribution in [3.8, 4) is 16.9 Å². The number of anilines is 1. The first-order valence-corrected chi connectivity index (χ1v) is 10.3. The van der Waals surface area contributed by atoms with E-state index in [1.54, 1.807) is 18.2 Å². The first-order chi connectivity index (χ1) is 14.5. The van der Waals surface area contributed by atoms with Crippen LogP contribution in [0.1, 0.15) is 5.56 Å². The topological polar surface area (TPSA) is 42.7 Å². The molecule has 4 nitrogen and oxygen atoms in total. The minimum atomic E-state index is -0.433. The second-order valence-electron chi connectivity index (χ2n) is 6.96. The van der Waals surface area contributed by atoms with Crippen LogP contribution in [0.15, 0.2) is 69.9 Å². The van der Waals surface area contributed by atoms with Crippen LogP contribution in [0.25, 0.3) is 22.1 Å². The zero-order chi connectivity index (χ0) is 20.8. The molecule has 5 rings (SSSR count). The second kappa shape index (κ2) is 7.55. The van der Waals surface area contributed by atoms with Crippen molar-refractivity contribution >= 4 is 51.5 Å². The van der Waals surface area contributed by atoms with Crippen LogP contribution in [0.4, 0.5) is 5.69 Å². The Labute approximate surface area is 187 Å². The molecule has 0 fully saturated rings. The highest BCUT2D eigenvalue weighted by Gasteiger charge is 2.26. The van der Waals surface area contributed by atoms with Crippen molar-refractivity contribution in [2.75, 3.05) is 11.6 Å². The highest BCUT2D eigenvalue weighted by atomic mass is 35.5. The molecule has 0 amide bonds. The van der Waals surface area contributed by atoms with E-state index in [2.05, 4.69) is 0 Å². The molecule has 0 radical (unpaired) electrons. The fraction of sp³-hybridized carbons (Fsp3) is 0.0870. The van der Waals surface area contributed by atoms with E-state index in [9.17, 15) is 4.79 Å². The average molecular weight is 459 g/mol. The van der Waals surface area contributed by atoms with Crippen molar-refractivity contribution in [1.82, 2.24) is 0 Å². The van der Waals surface area contributed by atoms with Gasteiger partial charge >= 0.3 is 5.63 Å². The maximum atomic E-state index is 12.4. The predicted molar refractivity (Wildman–Crippen MR) is 121 cm³/mol. The molecule has 0 N–H and O–H groups in total. The van der Waals surface area contributed by atoms with Gasteiger partial charge in [0.05, 0.1) is 27.2 Å². The molecule has 0 bridgehead atoms. The van der Waals surface area contributed by atoms with Crippen LogP contribution in [0.2, 0.25) is 15.1 Å². The summed E-state index contributed by atoms with van der Waals surface area (Å²) >= 11 is 18.8. The summed E-state index contributed by atoms with van der Waals surface area (Å²) in [4.78, 5) is 14.4. The molecule has 30 heavy (non-hydrogen) atoms. The van der Waals surface area contributed by atoms with Gasteiger partial charge in [-0.15, -0.1) is 0 Å². The number of nitrogens with zero attached hydrogens (tertiary/aromatic N) is 1. The molecule has 1 aliphatic rings. The Bertz CT molecular complexity index is 1340. The minimum absolute atomic E-state index is 0.277. The monoisotopic (exact) mass is 457 g/mol. The standard InChI is InChI=1S/C23H14Cl3NO3/c24-18-7-6-14(8-19(18)25)27-11-17-22-16(9-20(26)23(17)29-12-27)15(10-21(28)30-22)13-4-2-1-3-5-13/h1-10H,11-12H2. The van der Waals surface area contributed by atoms with Crippen LogP contribution < -0.4 is 15.3 Å². The molecule has 0 aliphatic carbocycles. The summed E-state index contributed by atoms with van der Waals surface area (Å²) in [6, 6.07) is 18.3. The lowest BCUT2D eigenvalue weighted by atomic mass is 9.99. The van der Waals surface area contributed by atoms with Crippen molar-refractivity contribution < 1.29 is 9.15 Å². The molecule has 0 saturated heterocycles. The average Bonchev–Trinajstić information content (AvgIpc) is 2.76. The van der Waals surface area contributed by atoms with Gasteiger partial charge in [0.15, 0.2) is 6.73 Å². The van der Waals surface area contributed by atoms with Gasteiger partial charge in [-0.25, -0.2) is 4.79 Å². The van der Waals surface area contributed by atoms with Crippen LogP contribution in [-0.2, 0) is 6.54 Å². The molecule has 0 saturated carbocycles. The molecule has 7 heteroatoms. The molecule has 2 heterocycles. The van der Waals surface area contributed by atoms with Crippen LogP contribution in [0.5, 0.6) is 5.75 Å². The molecule has 0 spiro atoms. The highest BCUT2D eigenvalue weighted by Crippen LogP contribution is 2.42. The lowest BCUT2D eigenvalue weighted by Crippen LogP contribution is -2.32. The maximum absolute atomic E-state index is 12.4. The summed E-state index contributed by atoms with van der Waals surface area (Å²) in [6.45, 7) is 0.713. The molecule has 150 valence electrons. The number of hydrogen-bond acceptors (Lipinski definition) is 4. The molecule has 3 aromatic carbocycles. The Morgan fingerprint density at radius 3 is 2.43 bits per heavy atom. The molecular formula is C23H14Cl3NO3. The Balaban J connectivity index is 1.69. The summed E-state index contributed by atoms with van der Waals surface area (Å²) < 4.78 is 11.6. The van der Waals surface area contributed by atoms with Gasteiger partial charge in [0.1, 0.15) is 11.3 Å². The first-order valence-electron chi connectivity index (χ1n) is 9.19. The van der Waals surface area contributed by atoms with Gasteiger partial charge in [0.2, 0.25) is 0 Å². The van der Waals surface area contributed by atoms with Crippen LogP contribution >= 0.6 is 34.8 Å². The van der Waals surface area contributed by atoms with Crippen molar-refractivity contribution in [3.05, 3.63) is 91.7 Å². The molecule has 1 aliphatic heterocycles. The zero-order valence-electron chi connectivity index (χ0n) is 15.5. The Kier molecular flexibility index (Phi) is 4.86. The highest BCUT2D eigenvalue weighted by molar-refractivity contribution is 6.42. The van der Waals surface area contributed by atoms with Gasteiger partial charge in [0, 0.05) is 17.1 Å². The molecule has 0 unspecified atom stereocenters. The number of hydrogen-bond donors (Lipinski definition) is 0. The quantitative estimate of drug-likeness (QED) is 0.311. The number of ether oxygens (including phenoxy) is 1. The fourth-order valence-electron chi connectivity index (χ4n) is 3.69. The van der Waals surface area contributed by atoms with Gasteiger partial charge in [-0.05, 0) is 35.4 Å². The predicted octanol–water partition coefficient (Wildman–Crippen LogP) is 6.78. The zero-order valence-corrected chi connectivity index (χ0v) is 17.8. The van der Waals surface area contributed by atoms with E-state index < -0.39 is 5.63 Å². The summed E-state index contributed by atoms with van der Waals surface area (Å²) in [5.74, 6) is 0.522. The Morgan fingerprint density at radius 2 is 1.67 bits per heavy atom. The Hall–Kier alpha value is -2.66. The second-order valence-corrected chi connectivity index (χ2v) is 8.18. The SMILES string of the molecule is O=c1cc(-c2ccccc2)c2cc(Cl)c3c(c2o1)CN(c1ccc(Cl)c(Cl)c1)CO3. The third-order valence-electron chi connectivity index (χ3n) is 5.10. The van der Waals surface area contributed by atoms with E-state index in [0.29, 0.717) is 38.5 Å². The lowest BCUT2D eigenvalue weighted by molar-refractivity contribution is 0.289. The van der Waals surface area contributed by atoms with Crippen LogP contribution in [0.3, 0.4) is 0 Å². The van der Waals surface area contributed by atoms with Gasteiger partial charge in [0.25, 0.3) is 0 Å². The van der Waals surface area contributed by atoms with E-state index in [1.165, 1.54) is 6.07 Å². The van der Waals surface area contributed by atoms with Gasteiger partial charge < -0.3 is 14.1 Å². The van der Waals surface area contributed by atoms with Gasteiger partial charge in [-0.2, -0.15) is 0 Å². The van der Waals surface area contributed by atoms with E-state index >= 15 is 0 Å². The van der Waals surface area contributed by atoms with Crippen LogP contribution in [-0.4, -0.2) is 6.73 Å². The molecule has 0 atom stereocenters. The van der Waals surface area contributed by atoms with Gasteiger partial charge in [-0.3, -0.25) is 0 Å².